The highest BCUT2D eigenvalue weighted by molar-refractivity contribution is 5.98. The molecular weight excluding hydrogens is 355 g/mol. The Bertz CT molecular complexity index is 755. The summed E-state index contributed by atoms with van der Waals surface area (Å²) in [4.78, 5) is 30.3. The fourth-order valence-electron chi connectivity index (χ4n) is 2.66. The molecule has 1 aliphatic rings. The number of hydrogen-bond acceptors (Lipinski definition) is 6. The van der Waals surface area contributed by atoms with E-state index in [1.54, 1.807) is 27.7 Å². The van der Waals surface area contributed by atoms with E-state index >= 15 is 0 Å². The Kier molecular flexibility index (Phi) is 6.41. The lowest BCUT2D eigenvalue weighted by molar-refractivity contribution is -0.138. The minimum absolute atomic E-state index is 0.000685. The zero-order valence-electron chi connectivity index (χ0n) is 16.3. The molecular formula is C19H25FN2O5. The molecule has 1 aromatic heterocycles. The smallest absolute Gasteiger partial charge is 0.410 e. The number of halogens is 1. The van der Waals surface area contributed by atoms with E-state index in [0.29, 0.717) is 11.1 Å². The van der Waals surface area contributed by atoms with Gasteiger partial charge in [0.25, 0.3) is 0 Å². The molecule has 0 saturated heterocycles. The van der Waals surface area contributed by atoms with E-state index in [2.05, 4.69) is 4.98 Å². The van der Waals surface area contributed by atoms with E-state index in [9.17, 15) is 14.0 Å². The Hall–Kier alpha value is -2.64. The first-order valence-corrected chi connectivity index (χ1v) is 8.73. The third-order valence-corrected chi connectivity index (χ3v) is 3.86. The molecule has 8 heteroatoms. The van der Waals surface area contributed by atoms with Crippen LogP contribution >= 0.6 is 0 Å². The number of pyridine rings is 1. The average Bonchev–Trinajstić information content (AvgIpc) is 2.59. The van der Waals surface area contributed by atoms with E-state index in [0.717, 1.165) is 0 Å². The monoisotopic (exact) mass is 380 g/mol. The molecule has 0 radical (unpaired) electrons. The fraction of sp³-hybridized carbons (Fsp3) is 0.526. The minimum Gasteiger partial charge on any atom is -0.495 e. The van der Waals surface area contributed by atoms with Crippen LogP contribution in [0.15, 0.2) is 17.8 Å². The van der Waals surface area contributed by atoms with Gasteiger partial charge in [-0.15, -0.1) is 0 Å². The highest BCUT2D eigenvalue weighted by atomic mass is 19.1. The van der Waals surface area contributed by atoms with Gasteiger partial charge in [0, 0.05) is 23.8 Å². The predicted molar refractivity (Wildman–Crippen MR) is 96.7 cm³/mol. The van der Waals surface area contributed by atoms with Crippen molar-refractivity contribution in [1.82, 2.24) is 9.88 Å². The van der Waals surface area contributed by atoms with Crippen molar-refractivity contribution in [1.29, 1.82) is 0 Å². The molecule has 0 spiro atoms. The molecule has 27 heavy (non-hydrogen) atoms. The number of hydrogen-bond donors (Lipinski definition) is 0. The number of nitrogens with zero attached hydrogens (tertiary/aromatic N) is 2. The van der Waals surface area contributed by atoms with Crippen molar-refractivity contribution >= 4 is 17.6 Å². The van der Waals surface area contributed by atoms with Crippen molar-refractivity contribution in [2.45, 2.75) is 39.7 Å². The summed E-state index contributed by atoms with van der Waals surface area (Å²) in [6.07, 6.45) is 1.05. The first-order chi connectivity index (χ1) is 12.7. The Morgan fingerprint density at radius 2 is 2.04 bits per heavy atom. The second-order valence-electron chi connectivity index (χ2n) is 7.04. The summed E-state index contributed by atoms with van der Waals surface area (Å²) < 4.78 is 30.0. The maximum absolute atomic E-state index is 14.6. The van der Waals surface area contributed by atoms with Gasteiger partial charge in [0.05, 0.1) is 26.5 Å². The Morgan fingerprint density at radius 3 is 2.59 bits per heavy atom. The zero-order valence-corrected chi connectivity index (χ0v) is 16.3. The van der Waals surface area contributed by atoms with Crippen LogP contribution in [0.4, 0.5) is 9.18 Å². The van der Waals surface area contributed by atoms with Crippen LogP contribution in [0.25, 0.3) is 5.57 Å². The molecule has 7 nitrogen and oxygen atoms in total. The summed E-state index contributed by atoms with van der Waals surface area (Å²) in [7, 11) is 1.41. The topological polar surface area (TPSA) is 78.0 Å². The van der Waals surface area contributed by atoms with Crippen LogP contribution in [0.3, 0.4) is 0 Å². The fourth-order valence-corrected chi connectivity index (χ4v) is 2.66. The van der Waals surface area contributed by atoms with Gasteiger partial charge in [0.2, 0.25) is 0 Å². The molecule has 0 atom stereocenters. The Balaban J connectivity index is 2.41. The van der Waals surface area contributed by atoms with Crippen LogP contribution in [-0.2, 0) is 14.3 Å². The minimum atomic E-state index is -0.661. The Morgan fingerprint density at radius 1 is 1.33 bits per heavy atom. The third-order valence-electron chi connectivity index (χ3n) is 3.86. The van der Waals surface area contributed by atoms with Crippen LogP contribution in [0, 0.1) is 5.82 Å². The first-order valence-electron chi connectivity index (χ1n) is 8.73. The number of aromatic nitrogens is 1. The molecule has 2 heterocycles. The van der Waals surface area contributed by atoms with Crippen molar-refractivity contribution in [2.24, 2.45) is 0 Å². The molecule has 1 aliphatic heterocycles. The van der Waals surface area contributed by atoms with Crippen LogP contribution in [0.5, 0.6) is 5.75 Å². The number of amides is 1. The Labute approximate surface area is 158 Å². The summed E-state index contributed by atoms with van der Waals surface area (Å²) in [5.74, 6) is -0.917. The zero-order chi connectivity index (χ0) is 20.2. The number of ether oxygens (including phenoxy) is 3. The van der Waals surface area contributed by atoms with E-state index in [4.69, 9.17) is 14.2 Å². The van der Waals surface area contributed by atoms with Gasteiger partial charge in [-0.2, -0.15) is 0 Å². The van der Waals surface area contributed by atoms with Crippen molar-refractivity contribution < 1.29 is 28.2 Å². The van der Waals surface area contributed by atoms with Gasteiger partial charge in [-0.05, 0) is 34.1 Å². The molecule has 0 aromatic carbocycles. The highest BCUT2D eigenvalue weighted by Crippen LogP contribution is 2.30. The van der Waals surface area contributed by atoms with Crippen molar-refractivity contribution in [2.75, 3.05) is 26.8 Å². The molecule has 1 amide bonds. The maximum Gasteiger partial charge on any atom is 0.410 e. The predicted octanol–water partition coefficient (Wildman–Crippen LogP) is 3.19. The third kappa shape index (κ3) is 5.18. The van der Waals surface area contributed by atoms with Crippen LogP contribution in [0.2, 0.25) is 0 Å². The quantitative estimate of drug-likeness (QED) is 0.747. The average molecular weight is 380 g/mol. The summed E-state index contributed by atoms with van der Waals surface area (Å²) in [6, 6.07) is 1.19. The number of carbonyl (C=O) groups excluding carboxylic acids is 2. The van der Waals surface area contributed by atoms with Gasteiger partial charge in [-0.3, -0.25) is 0 Å². The van der Waals surface area contributed by atoms with Gasteiger partial charge >= 0.3 is 12.1 Å². The lowest BCUT2D eigenvalue weighted by Crippen LogP contribution is -2.41. The molecule has 1 aromatic rings. The second kappa shape index (κ2) is 8.37. The summed E-state index contributed by atoms with van der Waals surface area (Å²) in [5, 5.41) is 0. The summed E-state index contributed by atoms with van der Waals surface area (Å²) in [6.45, 7) is 7.45. The second-order valence-corrected chi connectivity index (χ2v) is 7.04. The van der Waals surface area contributed by atoms with E-state index < -0.39 is 23.5 Å². The molecule has 0 aliphatic carbocycles. The van der Waals surface area contributed by atoms with E-state index in [1.807, 2.05) is 0 Å². The number of methoxy groups -OCH3 is 1. The summed E-state index contributed by atoms with van der Waals surface area (Å²) in [5.41, 5.74) is -0.0440. The number of carbonyl (C=O) groups is 2. The van der Waals surface area contributed by atoms with Crippen LogP contribution < -0.4 is 4.74 Å². The highest BCUT2D eigenvalue weighted by Gasteiger charge is 2.32. The molecule has 0 unspecified atom stereocenters. The van der Waals surface area contributed by atoms with Gasteiger partial charge in [0.1, 0.15) is 17.0 Å². The van der Waals surface area contributed by atoms with Gasteiger partial charge in [-0.25, -0.2) is 19.0 Å². The van der Waals surface area contributed by atoms with Gasteiger partial charge in [-0.1, -0.05) is 0 Å². The van der Waals surface area contributed by atoms with Crippen LogP contribution in [0.1, 0.15) is 39.8 Å². The van der Waals surface area contributed by atoms with Gasteiger partial charge in [0.15, 0.2) is 5.82 Å². The van der Waals surface area contributed by atoms with Crippen molar-refractivity contribution in [3.63, 3.8) is 0 Å². The lowest BCUT2D eigenvalue weighted by Gasteiger charge is -2.32. The summed E-state index contributed by atoms with van der Waals surface area (Å²) >= 11 is 0. The molecule has 148 valence electrons. The largest absolute Gasteiger partial charge is 0.495 e. The molecule has 0 bridgehead atoms. The van der Waals surface area contributed by atoms with Gasteiger partial charge < -0.3 is 19.1 Å². The number of rotatable bonds is 4. The molecule has 0 N–H and O–H groups in total. The number of esters is 1. The van der Waals surface area contributed by atoms with Crippen molar-refractivity contribution in [3.05, 3.63) is 29.3 Å². The lowest BCUT2D eigenvalue weighted by atomic mass is 9.97. The van der Waals surface area contributed by atoms with E-state index in [-0.39, 0.29) is 37.6 Å². The maximum atomic E-state index is 14.6. The molecule has 2 rings (SSSR count). The first kappa shape index (κ1) is 20.7. The molecule has 0 fully saturated rings. The van der Waals surface area contributed by atoms with E-state index in [1.165, 1.54) is 24.3 Å². The SMILES string of the molecule is CCOC(=O)C1=C(c2ncc(OC)cc2F)CN(C(=O)OC(C)(C)C)CC1. The standard InChI is InChI=1S/C19H25FN2O5/c1-6-26-17(23)13-7-8-22(18(24)27-19(2,3)4)11-14(13)16-15(20)9-12(25-5)10-21-16/h9-10H,6-8,11H2,1-5H3. The normalized spacial score (nSPS) is 14.8. The van der Waals surface area contributed by atoms with Crippen molar-refractivity contribution in [3.8, 4) is 5.75 Å². The molecule has 0 saturated carbocycles. The van der Waals surface area contributed by atoms with Crippen LogP contribution in [-0.4, -0.2) is 54.4 Å².